The second kappa shape index (κ2) is 7.88. The topological polar surface area (TPSA) is 29.9 Å². The van der Waals surface area contributed by atoms with Crippen LogP contribution in [0.25, 0.3) is 0 Å². The summed E-state index contributed by atoms with van der Waals surface area (Å²) in [7, 11) is 2.01. The van der Waals surface area contributed by atoms with E-state index in [0.29, 0.717) is 6.04 Å². The average molecular weight is 302 g/mol. The van der Waals surface area contributed by atoms with E-state index < -0.39 is 0 Å². The summed E-state index contributed by atoms with van der Waals surface area (Å²) in [4.78, 5) is 0. The lowest BCUT2D eigenvalue weighted by molar-refractivity contribution is 0.454. The molecule has 0 radical (unpaired) electrons. The molecule has 0 saturated heterocycles. The summed E-state index contributed by atoms with van der Waals surface area (Å²) in [6.07, 6.45) is 8.31. The van der Waals surface area contributed by atoms with E-state index in [2.05, 4.69) is 40.2 Å². The summed E-state index contributed by atoms with van der Waals surface area (Å²) >= 11 is 3.59. The molecule has 1 atom stereocenters. The highest BCUT2D eigenvalue weighted by molar-refractivity contribution is 9.10. The van der Waals surface area contributed by atoms with Gasteiger partial charge >= 0.3 is 0 Å². The standard InChI is InChI=1S/C13H24BrN3/c1-4-6-7-8-9-12(15-5-2)13-11(14)10-16-17(13)3/h10,12,15H,4-9H2,1-3H3. The van der Waals surface area contributed by atoms with E-state index in [0.717, 1.165) is 11.0 Å². The highest BCUT2D eigenvalue weighted by atomic mass is 79.9. The Morgan fingerprint density at radius 1 is 1.35 bits per heavy atom. The van der Waals surface area contributed by atoms with Gasteiger partial charge in [-0.25, -0.2) is 0 Å². The normalized spacial score (nSPS) is 12.9. The van der Waals surface area contributed by atoms with Crippen LogP contribution in [0.4, 0.5) is 0 Å². The summed E-state index contributed by atoms with van der Waals surface area (Å²) < 4.78 is 3.08. The molecule has 0 aliphatic heterocycles. The predicted octanol–water partition coefficient (Wildman–Crippen LogP) is 3.80. The van der Waals surface area contributed by atoms with Crippen LogP contribution in [0.1, 0.15) is 57.7 Å². The lowest BCUT2D eigenvalue weighted by atomic mass is 10.0. The smallest absolute Gasteiger partial charge is 0.0692 e. The number of hydrogen-bond donors (Lipinski definition) is 1. The van der Waals surface area contributed by atoms with Gasteiger partial charge < -0.3 is 5.32 Å². The fourth-order valence-electron chi connectivity index (χ4n) is 2.17. The monoisotopic (exact) mass is 301 g/mol. The van der Waals surface area contributed by atoms with E-state index in [1.807, 2.05) is 17.9 Å². The Hall–Kier alpha value is -0.350. The minimum absolute atomic E-state index is 0.415. The van der Waals surface area contributed by atoms with Gasteiger partial charge in [-0.05, 0) is 28.9 Å². The molecule has 1 unspecified atom stereocenters. The maximum atomic E-state index is 4.29. The lowest BCUT2D eigenvalue weighted by Gasteiger charge is -2.18. The minimum Gasteiger partial charge on any atom is -0.309 e. The van der Waals surface area contributed by atoms with Crippen molar-refractivity contribution in [2.75, 3.05) is 6.54 Å². The zero-order chi connectivity index (χ0) is 12.7. The van der Waals surface area contributed by atoms with Gasteiger partial charge in [0.2, 0.25) is 0 Å². The molecule has 0 amide bonds. The Balaban J connectivity index is 2.59. The molecule has 0 bridgehead atoms. The number of nitrogens with zero attached hydrogens (tertiary/aromatic N) is 2. The van der Waals surface area contributed by atoms with Crippen molar-refractivity contribution in [2.24, 2.45) is 7.05 Å². The molecule has 1 N–H and O–H groups in total. The predicted molar refractivity (Wildman–Crippen MR) is 76.1 cm³/mol. The fraction of sp³-hybridized carbons (Fsp3) is 0.769. The average Bonchev–Trinajstić information content (AvgIpc) is 2.63. The van der Waals surface area contributed by atoms with Gasteiger partial charge in [0.1, 0.15) is 0 Å². The quantitative estimate of drug-likeness (QED) is 0.740. The number of aryl methyl sites for hydroxylation is 1. The molecule has 0 spiro atoms. The summed E-state index contributed by atoms with van der Waals surface area (Å²) in [6.45, 7) is 5.40. The zero-order valence-electron chi connectivity index (χ0n) is 11.2. The molecule has 1 aromatic heterocycles. The maximum Gasteiger partial charge on any atom is 0.0692 e. The van der Waals surface area contributed by atoms with Crippen molar-refractivity contribution in [2.45, 2.75) is 52.0 Å². The second-order valence-electron chi connectivity index (χ2n) is 4.46. The molecule has 1 rings (SSSR count). The lowest BCUT2D eigenvalue weighted by Crippen LogP contribution is -2.23. The van der Waals surface area contributed by atoms with Crippen molar-refractivity contribution >= 4 is 15.9 Å². The van der Waals surface area contributed by atoms with E-state index in [4.69, 9.17) is 0 Å². The fourth-order valence-corrected chi connectivity index (χ4v) is 2.79. The van der Waals surface area contributed by atoms with E-state index in [-0.39, 0.29) is 0 Å². The van der Waals surface area contributed by atoms with Gasteiger partial charge in [0, 0.05) is 7.05 Å². The molecular weight excluding hydrogens is 278 g/mol. The number of rotatable bonds is 8. The molecule has 0 aliphatic carbocycles. The summed E-state index contributed by atoms with van der Waals surface area (Å²) in [5.41, 5.74) is 1.27. The van der Waals surface area contributed by atoms with Gasteiger partial charge in [-0.3, -0.25) is 4.68 Å². The number of halogens is 1. The van der Waals surface area contributed by atoms with Crippen LogP contribution in [0.3, 0.4) is 0 Å². The van der Waals surface area contributed by atoms with Crippen LogP contribution in [0.2, 0.25) is 0 Å². The number of aromatic nitrogens is 2. The van der Waals surface area contributed by atoms with Crippen LogP contribution in [0, 0.1) is 0 Å². The van der Waals surface area contributed by atoms with Crippen LogP contribution >= 0.6 is 15.9 Å². The molecule has 0 saturated carbocycles. The Kier molecular flexibility index (Phi) is 6.82. The number of unbranched alkanes of at least 4 members (excludes halogenated alkanes) is 3. The number of nitrogens with one attached hydrogen (secondary N) is 1. The molecule has 0 fully saturated rings. The Morgan fingerprint density at radius 3 is 2.65 bits per heavy atom. The third kappa shape index (κ3) is 4.43. The maximum absolute atomic E-state index is 4.29. The minimum atomic E-state index is 0.415. The first-order chi connectivity index (χ1) is 8.20. The molecule has 17 heavy (non-hydrogen) atoms. The van der Waals surface area contributed by atoms with E-state index in [9.17, 15) is 0 Å². The SMILES string of the molecule is CCCCCCC(NCC)c1c(Br)cnn1C. The van der Waals surface area contributed by atoms with Gasteiger partial charge in [-0.1, -0.05) is 39.5 Å². The first-order valence-corrected chi connectivity index (χ1v) is 7.40. The van der Waals surface area contributed by atoms with E-state index >= 15 is 0 Å². The van der Waals surface area contributed by atoms with Crippen LogP contribution in [-0.4, -0.2) is 16.3 Å². The van der Waals surface area contributed by atoms with Gasteiger partial charge in [-0.15, -0.1) is 0 Å². The van der Waals surface area contributed by atoms with Crippen LogP contribution in [0.5, 0.6) is 0 Å². The summed E-state index contributed by atoms with van der Waals surface area (Å²) in [5.74, 6) is 0. The molecule has 4 heteroatoms. The Labute approximate surface area is 113 Å². The molecule has 0 aliphatic rings. The molecular formula is C13H24BrN3. The van der Waals surface area contributed by atoms with Gasteiger partial charge in [-0.2, -0.15) is 5.10 Å². The third-order valence-corrected chi connectivity index (χ3v) is 3.68. The summed E-state index contributed by atoms with van der Waals surface area (Å²) in [5, 5.41) is 7.85. The van der Waals surface area contributed by atoms with E-state index in [1.54, 1.807) is 0 Å². The molecule has 3 nitrogen and oxygen atoms in total. The van der Waals surface area contributed by atoms with Crippen molar-refractivity contribution in [1.82, 2.24) is 15.1 Å². The molecule has 98 valence electrons. The van der Waals surface area contributed by atoms with Crippen molar-refractivity contribution in [3.05, 3.63) is 16.4 Å². The first kappa shape index (κ1) is 14.7. The van der Waals surface area contributed by atoms with Crippen LogP contribution < -0.4 is 5.32 Å². The van der Waals surface area contributed by atoms with Gasteiger partial charge in [0.25, 0.3) is 0 Å². The van der Waals surface area contributed by atoms with Crippen molar-refractivity contribution in [1.29, 1.82) is 0 Å². The highest BCUT2D eigenvalue weighted by Crippen LogP contribution is 2.26. The summed E-state index contributed by atoms with van der Waals surface area (Å²) in [6, 6.07) is 0.415. The van der Waals surface area contributed by atoms with Crippen LogP contribution in [0.15, 0.2) is 10.7 Å². The van der Waals surface area contributed by atoms with E-state index in [1.165, 1.54) is 37.8 Å². The molecule has 1 heterocycles. The van der Waals surface area contributed by atoms with Crippen molar-refractivity contribution in [3.63, 3.8) is 0 Å². The molecule has 1 aromatic rings. The highest BCUT2D eigenvalue weighted by Gasteiger charge is 2.17. The van der Waals surface area contributed by atoms with Gasteiger partial charge in [0.05, 0.1) is 22.4 Å². The van der Waals surface area contributed by atoms with Crippen molar-refractivity contribution in [3.8, 4) is 0 Å². The largest absolute Gasteiger partial charge is 0.309 e. The third-order valence-electron chi connectivity index (χ3n) is 3.06. The Bertz CT molecular complexity index is 303. The second-order valence-corrected chi connectivity index (χ2v) is 5.32. The first-order valence-electron chi connectivity index (χ1n) is 6.61. The van der Waals surface area contributed by atoms with Gasteiger partial charge in [0.15, 0.2) is 0 Å². The Morgan fingerprint density at radius 2 is 2.12 bits per heavy atom. The van der Waals surface area contributed by atoms with Crippen molar-refractivity contribution < 1.29 is 0 Å². The van der Waals surface area contributed by atoms with Crippen LogP contribution in [-0.2, 0) is 7.05 Å². The molecule has 0 aromatic carbocycles. The number of hydrogen-bond acceptors (Lipinski definition) is 2. The zero-order valence-corrected chi connectivity index (χ0v) is 12.8.